The van der Waals surface area contributed by atoms with E-state index in [-0.39, 0.29) is 0 Å². The van der Waals surface area contributed by atoms with E-state index < -0.39 is 0 Å². The van der Waals surface area contributed by atoms with Crippen molar-refractivity contribution in [1.82, 2.24) is 5.32 Å². The third kappa shape index (κ3) is 2.73. The quantitative estimate of drug-likeness (QED) is 0.815. The van der Waals surface area contributed by atoms with E-state index in [1.165, 1.54) is 30.9 Å². The van der Waals surface area contributed by atoms with Crippen molar-refractivity contribution in [3.8, 4) is 0 Å². The molecule has 1 atom stereocenters. The van der Waals surface area contributed by atoms with Crippen LogP contribution in [-0.4, -0.2) is 23.0 Å². The number of nitrogens with zero attached hydrogens (tertiary/aromatic N) is 1. The van der Waals surface area contributed by atoms with Gasteiger partial charge in [-0.1, -0.05) is 45.4 Å². The molecule has 0 saturated heterocycles. The number of hydrogen-bond acceptors (Lipinski definition) is 3. The van der Waals surface area contributed by atoms with Crippen molar-refractivity contribution in [3.05, 3.63) is 0 Å². The number of hydrogen-bond donors (Lipinski definition) is 1. The molecule has 0 aromatic heterocycles. The molecule has 2 rings (SSSR count). The summed E-state index contributed by atoms with van der Waals surface area (Å²) in [5.41, 5.74) is 0. The summed E-state index contributed by atoms with van der Waals surface area (Å²) in [4.78, 5) is 4.65. The largest absolute Gasteiger partial charge is 0.362 e. The second kappa shape index (κ2) is 5.44. The van der Waals surface area contributed by atoms with Gasteiger partial charge < -0.3 is 5.32 Å². The van der Waals surface area contributed by atoms with E-state index in [1.807, 2.05) is 11.8 Å². The Labute approximate surface area is 104 Å². The Morgan fingerprint density at radius 2 is 2.06 bits per heavy atom. The topological polar surface area (TPSA) is 24.4 Å². The molecule has 2 nitrogen and oxygen atoms in total. The summed E-state index contributed by atoms with van der Waals surface area (Å²) in [7, 11) is 0. The average Bonchev–Trinajstić information content (AvgIpc) is 2.66. The van der Waals surface area contributed by atoms with Gasteiger partial charge in [-0.15, -0.1) is 0 Å². The number of rotatable bonds is 4. The maximum atomic E-state index is 4.65. The van der Waals surface area contributed by atoms with Gasteiger partial charge in [0.15, 0.2) is 5.17 Å². The molecule has 2 aliphatic rings. The van der Waals surface area contributed by atoms with E-state index in [0.717, 1.165) is 23.6 Å². The Balaban J connectivity index is 1.74. The number of amidine groups is 1. The molecular formula is C13H24N2S. The van der Waals surface area contributed by atoms with Crippen molar-refractivity contribution in [2.45, 2.75) is 57.7 Å². The van der Waals surface area contributed by atoms with Crippen molar-refractivity contribution >= 4 is 16.9 Å². The molecular weight excluding hydrogens is 216 g/mol. The lowest BCUT2D eigenvalue weighted by atomic mass is 9.82. The zero-order valence-electron chi connectivity index (χ0n) is 10.7. The first-order valence-corrected chi connectivity index (χ1v) is 7.58. The highest BCUT2D eigenvalue weighted by atomic mass is 32.2. The summed E-state index contributed by atoms with van der Waals surface area (Å²) in [6, 6.07) is 0.710. The van der Waals surface area contributed by atoms with Crippen molar-refractivity contribution in [3.63, 3.8) is 0 Å². The molecule has 1 aliphatic carbocycles. The predicted molar refractivity (Wildman–Crippen MR) is 73.1 cm³/mol. The first-order valence-electron chi connectivity index (χ1n) is 6.70. The molecule has 16 heavy (non-hydrogen) atoms. The Hall–Kier alpha value is -0.180. The molecule has 1 heterocycles. The summed E-state index contributed by atoms with van der Waals surface area (Å²) < 4.78 is 0. The van der Waals surface area contributed by atoms with Crippen LogP contribution in [0.5, 0.6) is 0 Å². The Morgan fingerprint density at radius 1 is 1.38 bits per heavy atom. The standard InChI is InChI=1S/C13H24N2S/c1-4-10(5-2)12-8-14-13(16-12)15-11-6-9(3)7-11/h9-12H,4-8H2,1-3H3,(H,14,15). The molecule has 0 bridgehead atoms. The molecule has 0 aromatic rings. The van der Waals surface area contributed by atoms with Gasteiger partial charge in [0.2, 0.25) is 0 Å². The SMILES string of the molecule is CCC(CC)C1CN=C(NC2CC(C)C2)S1. The first kappa shape index (κ1) is 12.3. The van der Waals surface area contributed by atoms with Gasteiger partial charge in [0.1, 0.15) is 0 Å². The highest BCUT2D eigenvalue weighted by Gasteiger charge is 2.30. The van der Waals surface area contributed by atoms with Crippen LogP contribution in [0.2, 0.25) is 0 Å². The van der Waals surface area contributed by atoms with Gasteiger partial charge in [-0.2, -0.15) is 0 Å². The summed E-state index contributed by atoms with van der Waals surface area (Å²) in [6.07, 6.45) is 5.24. The molecule has 3 heteroatoms. The van der Waals surface area contributed by atoms with E-state index in [1.54, 1.807) is 0 Å². The highest BCUT2D eigenvalue weighted by molar-refractivity contribution is 8.14. The van der Waals surface area contributed by atoms with Crippen molar-refractivity contribution < 1.29 is 0 Å². The van der Waals surface area contributed by atoms with Crippen LogP contribution in [0.3, 0.4) is 0 Å². The maximum absolute atomic E-state index is 4.65. The van der Waals surface area contributed by atoms with Crippen LogP contribution in [0, 0.1) is 11.8 Å². The van der Waals surface area contributed by atoms with Crippen molar-refractivity contribution in [2.24, 2.45) is 16.8 Å². The average molecular weight is 240 g/mol. The highest BCUT2D eigenvalue weighted by Crippen LogP contribution is 2.32. The smallest absolute Gasteiger partial charge is 0.157 e. The van der Waals surface area contributed by atoms with Crippen LogP contribution >= 0.6 is 11.8 Å². The van der Waals surface area contributed by atoms with E-state index >= 15 is 0 Å². The summed E-state index contributed by atoms with van der Waals surface area (Å²) in [5.74, 6) is 1.76. The molecule has 1 saturated carbocycles. The zero-order chi connectivity index (χ0) is 11.5. The van der Waals surface area contributed by atoms with Gasteiger partial charge in [0.25, 0.3) is 0 Å². The van der Waals surface area contributed by atoms with Crippen LogP contribution in [0.25, 0.3) is 0 Å². The molecule has 1 unspecified atom stereocenters. The fourth-order valence-electron chi connectivity index (χ4n) is 2.73. The Bertz CT molecular complexity index is 255. The van der Waals surface area contributed by atoms with E-state index in [0.29, 0.717) is 6.04 Å². The van der Waals surface area contributed by atoms with Crippen LogP contribution in [0.15, 0.2) is 4.99 Å². The molecule has 0 spiro atoms. The summed E-state index contributed by atoms with van der Waals surface area (Å²) >= 11 is 1.99. The number of nitrogens with one attached hydrogen (secondary N) is 1. The fourth-order valence-corrected chi connectivity index (χ4v) is 4.12. The molecule has 92 valence electrons. The molecule has 1 N–H and O–H groups in total. The first-order chi connectivity index (χ1) is 7.72. The number of aliphatic imine (C=N–C) groups is 1. The number of thioether (sulfide) groups is 1. The Kier molecular flexibility index (Phi) is 4.17. The molecule has 1 fully saturated rings. The minimum absolute atomic E-state index is 0.710. The van der Waals surface area contributed by atoms with Gasteiger partial charge in [-0.25, -0.2) is 0 Å². The molecule has 1 aliphatic heterocycles. The van der Waals surface area contributed by atoms with E-state index in [2.05, 4.69) is 31.1 Å². The van der Waals surface area contributed by atoms with Crippen LogP contribution in [-0.2, 0) is 0 Å². The fraction of sp³-hybridized carbons (Fsp3) is 0.923. The lowest BCUT2D eigenvalue weighted by Gasteiger charge is -2.33. The van der Waals surface area contributed by atoms with E-state index in [9.17, 15) is 0 Å². The molecule has 0 aromatic carbocycles. The normalized spacial score (nSPS) is 33.8. The Morgan fingerprint density at radius 3 is 2.62 bits per heavy atom. The predicted octanol–water partition coefficient (Wildman–Crippen LogP) is 3.28. The second-order valence-electron chi connectivity index (χ2n) is 5.30. The van der Waals surface area contributed by atoms with Gasteiger partial charge in [-0.3, -0.25) is 4.99 Å². The monoisotopic (exact) mass is 240 g/mol. The van der Waals surface area contributed by atoms with Gasteiger partial charge in [0.05, 0.1) is 6.54 Å². The minimum atomic E-state index is 0.710. The maximum Gasteiger partial charge on any atom is 0.157 e. The summed E-state index contributed by atoms with van der Waals surface area (Å²) in [5, 5.41) is 5.54. The third-order valence-corrected chi connectivity index (χ3v) is 5.26. The van der Waals surface area contributed by atoms with Crippen molar-refractivity contribution in [2.75, 3.05) is 6.54 Å². The van der Waals surface area contributed by atoms with Gasteiger partial charge in [-0.05, 0) is 24.7 Å². The second-order valence-corrected chi connectivity index (χ2v) is 6.52. The third-order valence-electron chi connectivity index (χ3n) is 3.95. The lowest BCUT2D eigenvalue weighted by molar-refractivity contribution is 0.269. The van der Waals surface area contributed by atoms with Crippen LogP contribution in [0.4, 0.5) is 0 Å². The molecule has 0 amide bonds. The van der Waals surface area contributed by atoms with Gasteiger partial charge in [0, 0.05) is 11.3 Å². The molecule has 0 radical (unpaired) electrons. The summed E-state index contributed by atoms with van der Waals surface area (Å²) in [6.45, 7) is 7.96. The zero-order valence-corrected chi connectivity index (χ0v) is 11.5. The minimum Gasteiger partial charge on any atom is -0.362 e. The van der Waals surface area contributed by atoms with Crippen molar-refractivity contribution in [1.29, 1.82) is 0 Å². The van der Waals surface area contributed by atoms with Crippen LogP contribution in [0.1, 0.15) is 46.5 Å². The van der Waals surface area contributed by atoms with Gasteiger partial charge >= 0.3 is 0 Å². The lowest BCUT2D eigenvalue weighted by Crippen LogP contribution is -2.42. The van der Waals surface area contributed by atoms with E-state index in [4.69, 9.17) is 0 Å². The van der Waals surface area contributed by atoms with Crippen LogP contribution < -0.4 is 5.32 Å².